The van der Waals surface area contributed by atoms with Gasteiger partial charge in [0.05, 0.1) is 0 Å². The topological polar surface area (TPSA) is 49.8 Å². The highest BCUT2D eigenvalue weighted by Gasteiger charge is 2.05. The molecule has 3 aromatic rings. The molecule has 0 radical (unpaired) electrons. The first-order valence-electron chi connectivity index (χ1n) is 6.29. The number of benzene rings is 2. The Labute approximate surface area is 121 Å². The maximum Gasteiger partial charge on any atom is 0.211 e. The van der Waals surface area contributed by atoms with Gasteiger partial charge in [-0.05, 0) is 30.7 Å². The molecule has 20 heavy (non-hydrogen) atoms. The molecule has 0 atom stereocenters. The monoisotopic (exact) mass is 282 g/mol. The van der Waals surface area contributed by atoms with Crippen LogP contribution in [0.1, 0.15) is 5.56 Å². The van der Waals surface area contributed by atoms with E-state index in [-0.39, 0.29) is 0 Å². The number of anilines is 4. The van der Waals surface area contributed by atoms with Crippen molar-refractivity contribution >= 4 is 33.0 Å². The van der Waals surface area contributed by atoms with Crippen molar-refractivity contribution in [2.24, 2.45) is 0 Å². The molecule has 0 amide bonds. The van der Waals surface area contributed by atoms with E-state index in [0.717, 1.165) is 21.6 Å². The van der Waals surface area contributed by atoms with Crippen molar-refractivity contribution in [2.75, 3.05) is 10.6 Å². The SMILES string of the molecule is Cc1ccccc1Nc1nnc(Nc2ccccc2)s1. The van der Waals surface area contributed by atoms with Crippen LogP contribution in [0.25, 0.3) is 0 Å². The molecule has 0 spiro atoms. The van der Waals surface area contributed by atoms with Gasteiger partial charge in [0.25, 0.3) is 0 Å². The van der Waals surface area contributed by atoms with Crippen LogP contribution in [0.2, 0.25) is 0 Å². The first kappa shape index (κ1) is 12.6. The lowest BCUT2D eigenvalue weighted by Gasteiger charge is -2.04. The number of rotatable bonds is 4. The Morgan fingerprint density at radius 1 is 0.800 bits per heavy atom. The van der Waals surface area contributed by atoms with E-state index in [2.05, 4.69) is 33.8 Å². The molecule has 2 aromatic carbocycles. The number of aryl methyl sites for hydroxylation is 1. The highest BCUT2D eigenvalue weighted by Crippen LogP contribution is 2.27. The second-order valence-corrected chi connectivity index (χ2v) is 5.32. The number of hydrogen-bond donors (Lipinski definition) is 2. The third-order valence-electron chi connectivity index (χ3n) is 2.84. The van der Waals surface area contributed by atoms with Gasteiger partial charge in [0.2, 0.25) is 10.3 Å². The standard InChI is InChI=1S/C15H14N4S/c1-11-7-5-6-10-13(11)17-15-19-18-14(20-15)16-12-8-3-2-4-9-12/h2-10H,1H3,(H,16,18)(H,17,19). The van der Waals surface area contributed by atoms with E-state index in [9.17, 15) is 0 Å². The van der Waals surface area contributed by atoms with Crippen LogP contribution in [0.4, 0.5) is 21.6 Å². The van der Waals surface area contributed by atoms with Gasteiger partial charge in [-0.15, -0.1) is 10.2 Å². The molecule has 4 nitrogen and oxygen atoms in total. The molecule has 0 saturated heterocycles. The molecule has 0 fully saturated rings. The Morgan fingerprint density at radius 3 is 2.20 bits per heavy atom. The molecule has 5 heteroatoms. The molecule has 0 aliphatic heterocycles. The van der Waals surface area contributed by atoms with Crippen molar-refractivity contribution in [1.82, 2.24) is 10.2 Å². The van der Waals surface area contributed by atoms with Gasteiger partial charge in [-0.3, -0.25) is 0 Å². The zero-order chi connectivity index (χ0) is 13.8. The van der Waals surface area contributed by atoms with Gasteiger partial charge in [0, 0.05) is 11.4 Å². The molecular weight excluding hydrogens is 268 g/mol. The van der Waals surface area contributed by atoms with Crippen LogP contribution in [0.5, 0.6) is 0 Å². The Bertz CT molecular complexity index is 694. The Kier molecular flexibility index (Phi) is 3.60. The van der Waals surface area contributed by atoms with Crippen molar-refractivity contribution in [2.45, 2.75) is 6.92 Å². The maximum atomic E-state index is 4.14. The summed E-state index contributed by atoms with van der Waals surface area (Å²) in [5, 5.41) is 16.3. The van der Waals surface area contributed by atoms with Gasteiger partial charge >= 0.3 is 0 Å². The molecule has 0 bridgehead atoms. The second kappa shape index (κ2) is 5.71. The van der Waals surface area contributed by atoms with Crippen molar-refractivity contribution in [3.8, 4) is 0 Å². The molecular formula is C15H14N4S. The minimum absolute atomic E-state index is 0.771. The van der Waals surface area contributed by atoms with Crippen molar-refractivity contribution in [3.05, 3.63) is 60.2 Å². The van der Waals surface area contributed by atoms with Crippen molar-refractivity contribution < 1.29 is 0 Å². The average Bonchev–Trinajstić information content (AvgIpc) is 2.90. The lowest BCUT2D eigenvalue weighted by Crippen LogP contribution is -1.91. The molecule has 100 valence electrons. The summed E-state index contributed by atoms with van der Waals surface area (Å²) in [6.07, 6.45) is 0. The summed E-state index contributed by atoms with van der Waals surface area (Å²) >= 11 is 1.49. The number of aromatic nitrogens is 2. The molecule has 2 N–H and O–H groups in total. The second-order valence-electron chi connectivity index (χ2n) is 4.34. The van der Waals surface area contributed by atoms with Crippen molar-refractivity contribution in [1.29, 1.82) is 0 Å². The minimum atomic E-state index is 0.771. The molecule has 0 aliphatic rings. The summed E-state index contributed by atoms with van der Waals surface area (Å²) in [6, 6.07) is 18.0. The van der Waals surface area contributed by atoms with Gasteiger partial charge < -0.3 is 10.6 Å². The first-order valence-corrected chi connectivity index (χ1v) is 7.11. The fraction of sp³-hybridized carbons (Fsp3) is 0.0667. The highest BCUT2D eigenvalue weighted by molar-refractivity contribution is 7.19. The van der Waals surface area contributed by atoms with Gasteiger partial charge in [-0.1, -0.05) is 47.7 Å². The maximum absolute atomic E-state index is 4.14. The smallest absolute Gasteiger partial charge is 0.211 e. The van der Waals surface area contributed by atoms with E-state index < -0.39 is 0 Å². The van der Waals surface area contributed by atoms with E-state index in [1.165, 1.54) is 16.9 Å². The number of para-hydroxylation sites is 2. The Morgan fingerprint density at radius 2 is 1.45 bits per heavy atom. The van der Waals surface area contributed by atoms with Crippen LogP contribution in [0, 0.1) is 6.92 Å². The number of hydrogen-bond acceptors (Lipinski definition) is 5. The normalized spacial score (nSPS) is 10.2. The van der Waals surface area contributed by atoms with Gasteiger partial charge in [0.1, 0.15) is 0 Å². The molecule has 1 heterocycles. The van der Waals surface area contributed by atoms with Crippen molar-refractivity contribution in [3.63, 3.8) is 0 Å². The summed E-state index contributed by atoms with van der Waals surface area (Å²) in [5.74, 6) is 0. The fourth-order valence-corrected chi connectivity index (χ4v) is 2.47. The van der Waals surface area contributed by atoms with Crippen LogP contribution >= 0.6 is 11.3 Å². The number of nitrogens with one attached hydrogen (secondary N) is 2. The van der Waals surface area contributed by atoms with E-state index in [1.54, 1.807) is 0 Å². The van der Waals surface area contributed by atoms with Gasteiger partial charge in [0.15, 0.2) is 0 Å². The Balaban J connectivity index is 1.73. The third kappa shape index (κ3) is 2.95. The lowest BCUT2D eigenvalue weighted by atomic mass is 10.2. The van der Waals surface area contributed by atoms with Crippen LogP contribution in [-0.2, 0) is 0 Å². The van der Waals surface area contributed by atoms with Gasteiger partial charge in [-0.25, -0.2) is 0 Å². The molecule has 0 unspecified atom stereocenters. The summed E-state index contributed by atoms with van der Waals surface area (Å²) in [5.41, 5.74) is 3.24. The molecule has 3 rings (SSSR count). The van der Waals surface area contributed by atoms with Crippen LogP contribution in [0.15, 0.2) is 54.6 Å². The summed E-state index contributed by atoms with van der Waals surface area (Å²) in [6.45, 7) is 2.06. The summed E-state index contributed by atoms with van der Waals surface area (Å²) in [4.78, 5) is 0. The van der Waals surface area contributed by atoms with E-state index in [0.29, 0.717) is 0 Å². The van der Waals surface area contributed by atoms with E-state index in [4.69, 9.17) is 0 Å². The van der Waals surface area contributed by atoms with E-state index >= 15 is 0 Å². The lowest BCUT2D eigenvalue weighted by molar-refractivity contribution is 1.09. The first-order chi connectivity index (χ1) is 9.81. The Hall–Kier alpha value is -2.40. The quantitative estimate of drug-likeness (QED) is 0.747. The van der Waals surface area contributed by atoms with Crippen LogP contribution in [-0.4, -0.2) is 10.2 Å². The largest absolute Gasteiger partial charge is 0.330 e. The zero-order valence-electron chi connectivity index (χ0n) is 11.0. The summed E-state index contributed by atoms with van der Waals surface area (Å²) in [7, 11) is 0. The molecule has 0 aliphatic carbocycles. The van der Waals surface area contributed by atoms with Gasteiger partial charge in [-0.2, -0.15) is 0 Å². The minimum Gasteiger partial charge on any atom is -0.330 e. The van der Waals surface area contributed by atoms with E-state index in [1.807, 2.05) is 48.5 Å². The summed E-state index contributed by atoms with van der Waals surface area (Å²) < 4.78 is 0. The van der Waals surface area contributed by atoms with Crippen LogP contribution in [0.3, 0.4) is 0 Å². The predicted octanol–water partition coefficient (Wildman–Crippen LogP) is 4.33. The third-order valence-corrected chi connectivity index (χ3v) is 3.59. The number of nitrogens with zero attached hydrogens (tertiary/aromatic N) is 2. The molecule has 0 saturated carbocycles. The fourth-order valence-electron chi connectivity index (χ4n) is 1.80. The predicted molar refractivity (Wildman–Crippen MR) is 84.1 cm³/mol. The average molecular weight is 282 g/mol. The molecule has 1 aromatic heterocycles. The van der Waals surface area contributed by atoms with Crippen LogP contribution < -0.4 is 10.6 Å². The highest BCUT2D eigenvalue weighted by atomic mass is 32.1. The zero-order valence-corrected chi connectivity index (χ0v) is 11.8.